The Morgan fingerprint density at radius 2 is 2.33 bits per heavy atom. The van der Waals surface area contributed by atoms with Gasteiger partial charge in [0.25, 0.3) is 0 Å². The van der Waals surface area contributed by atoms with Gasteiger partial charge in [-0.05, 0) is 26.6 Å². The standard InChI is InChI=1S/C12H18N4O2/c1-15(2)9-3-4-16(7-9)11-10(13)5-8(6-14-11)12(17)18/h5-6,9H,3-4,7,13H2,1-2H3,(H,17,18). The third-order valence-corrected chi connectivity index (χ3v) is 3.34. The monoisotopic (exact) mass is 250 g/mol. The lowest BCUT2D eigenvalue weighted by molar-refractivity contribution is 0.0696. The predicted molar refractivity (Wildman–Crippen MR) is 69.9 cm³/mol. The number of likely N-dealkylation sites (N-methyl/N-ethyl adjacent to an activating group) is 1. The Balaban J connectivity index is 2.18. The summed E-state index contributed by atoms with van der Waals surface area (Å²) in [4.78, 5) is 19.3. The molecule has 0 aliphatic carbocycles. The molecule has 1 aromatic heterocycles. The fraction of sp³-hybridized carbons (Fsp3) is 0.500. The lowest BCUT2D eigenvalue weighted by Gasteiger charge is -2.22. The van der Waals surface area contributed by atoms with Crippen molar-refractivity contribution < 1.29 is 9.90 Å². The van der Waals surface area contributed by atoms with Gasteiger partial charge in [0, 0.05) is 25.3 Å². The second kappa shape index (κ2) is 4.81. The first-order chi connectivity index (χ1) is 8.49. The Morgan fingerprint density at radius 3 is 2.83 bits per heavy atom. The van der Waals surface area contributed by atoms with E-state index in [1.165, 1.54) is 12.3 Å². The maximum Gasteiger partial charge on any atom is 0.337 e. The van der Waals surface area contributed by atoms with Crippen LogP contribution in [0, 0.1) is 0 Å². The van der Waals surface area contributed by atoms with Crippen LogP contribution in [0.25, 0.3) is 0 Å². The molecule has 1 aromatic rings. The van der Waals surface area contributed by atoms with E-state index >= 15 is 0 Å². The summed E-state index contributed by atoms with van der Waals surface area (Å²) in [7, 11) is 4.11. The Bertz CT molecular complexity index is 461. The van der Waals surface area contributed by atoms with Gasteiger partial charge < -0.3 is 20.6 Å². The number of nitrogens with zero attached hydrogens (tertiary/aromatic N) is 3. The molecule has 1 saturated heterocycles. The summed E-state index contributed by atoms with van der Waals surface area (Å²) in [6, 6.07) is 1.96. The summed E-state index contributed by atoms with van der Waals surface area (Å²) in [5.74, 6) is -0.322. The smallest absolute Gasteiger partial charge is 0.337 e. The number of hydrogen-bond donors (Lipinski definition) is 2. The van der Waals surface area contributed by atoms with Gasteiger partial charge in [-0.1, -0.05) is 0 Å². The zero-order valence-corrected chi connectivity index (χ0v) is 10.6. The molecule has 1 atom stereocenters. The summed E-state index contributed by atoms with van der Waals surface area (Å²) in [5, 5.41) is 8.86. The number of carbonyl (C=O) groups is 1. The number of aromatic carboxylic acids is 1. The number of anilines is 2. The molecule has 0 spiro atoms. The highest BCUT2D eigenvalue weighted by atomic mass is 16.4. The van der Waals surface area contributed by atoms with Crippen LogP contribution in [0.3, 0.4) is 0 Å². The molecule has 2 heterocycles. The highest BCUT2D eigenvalue weighted by Crippen LogP contribution is 2.26. The second-order valence-electron chi connectivity index (χ2n) is 4.79. The van der Waals surface area contributed by atoms with Crippen LogP contribution in [0.15, 0.2) is 12.3 Å². The van der Waals surface area contributed by atoms with Gasteiger partial charge in [-0.2, -0.15) is 0 Å². The summed E-state index contributed by atoms with van der Waals surface area (Å²) in [5.41, 5.74) is 6.43. The van der Waals surface area contributed by atoms with Crippen LogP contribution in [0.2, 0.25) is 0 Å². The van der Waals surface area contributed by atoms with E-state index in [-0.39, 0.29) is 5.56 Å². The van der Waals surface area contributed by atoms with Gasteiger partial charge in [0.15, 0.2) is 5.82 Å². The Hall–Kier alpha value is -1.82. The SMILES string of the molecule is CN(C)C1CCN(c2ncc(C(=O)O)cc2N)C1. The minimum absolute atomic E-state index is 0.125. The van der Waals surface area contributed by atoms with Gasteiger partial charge in [-0.25, -0.2) is 9.78 Å². The first-order valence-electron chi connectivity index (χ1n) is 5.89. The fourth-order valence-corrected chi connectivity index (χ4v) is 2.21. The maximum atomic E-state index is 10.8. The molecule has 6 nitrogen and oxygen atoms in total. The van der Waals surface area contributed by atoms with E-state index in [2.05, 4.69) is 28.9 Å². The number of rotatable bonds is 3. The number of carboxylic acids is 1. The van der Waals surface area contributed by atoms with Crippen LogP contribution < -0.4 is 10.6 Å². The molecule has 1 fully saturated rings. The summed E-state index contributed by atoms with van der Waals surface area (Å²) >= 11 is 0. The first-order valence-corrected chi connectivity index (χ1v) is 5.89. The van der Waals surface area contributed by atoms with E-state index in [1.807, 2.05) is 0 Å². The minimum atomic E-state index is -1.01. The number of hydrogen-bond acceptors (Lipinski definition) is 5. The molecule has 0 aromatic carbocycles. The van der Waals surface area contributed by atoms with Crippen molar-refractivity contribution in [3.05, 3.63) is 17.8 Å². The molecular weight excluding hydrogens is 232 g/mol. The molecule has 1 aliphatic rings. The number of pyridine rings is 1. The zero-order valence-electron chi connectivity index (χ0n) is 10.6. The molecule has 6 heteroatoms. The Kier molecular flexibility index (Phi) is 3.38. The van der Waals surface area contributed by atoms with Crippen LogP contribution >= 0.6 is 0 Å². The predicted octanol–water partition coefficient (Wildman–Crippen LogP) is 0.502. The number of carboxylic acid groups (broad SMARTS) is 1. The molecular formula is C12H18N4O2. The van der Waals surface area contributed by atoms with Crippen molar-refractivity contribution in [2.24, 2.45) is 0 Å². The topological polar surface area (TPSA) is 82.7 Å². The van der Waals surface area contributed by atoms with Crippen LogP contribution in [-0.4, -0.2) is 54.2 Å². The molecule has 0 amide bonds. The van der Waals surface area contributed by atoms with Crippen LogP contribution in [0.5, 0.6) is 0 Å². The van der Waals surface area contributed by atoms with Gasteiger partial charge >= 0.3 is 5.97 Å². The van der Waals surface area contributed by atoms with Gasteiger partial charge in [-0.3, -0.25) is 0 Å². The molecule has 0 bridgehead atoms. The largest absolute Gasteiger partial charge is 0.478 e. The van der Waals surface area contributed by atoms with Crippen molar-refractivity contribution in [2.75, 3.05) is 37.8 Å². The van der Waals surface area contributed by atoms with Crippen LogP contribution in [0.4, 0.5) is 11.5 Å². The van der Waals surface area contributed by atoms with Crippen molar-refractivity contribution in [1.82, 2.24) is 9.88 Å². The highest BCUT2D eigenvalue weighted by Gasteiger charge is 2.26. The van der Waals surface area contributed by atoms with E-state index in [1.54, 1.807) is 0 Å². The average molecular weight is 250 g/mol. The van der Waals surface area contributed by atoms with Gasteiger partial charge in [0.1, 0.15) is 0 Å². The number of nitrogens with two attached hydrogens (primary N) is 1. The van der Waals surface area contributed by atoms with Gasteiger partial charge in [0.05, 0.1) is 11.3 Å². The normalized spacial score (nSPS) is 19.5. The summed E-state index contributed by atoms with van der Waals surface area (Å²) < 4.78 is 0. The molecule has 1 unspecified atom stereocenters. The molecule has 98 valence electrons. The number of aromatic nitrogens is 1. The van der Waals surface area contributed by atoms with Crippen LogP contribution in [0.1, 0.15) is 16.8 Å². The molecule has 3 N–H and O–H groups in total. The third-order valence-electron chi connectivity index (χ3n) is 3.34. The Labute approximate surface area is 106 Å². The first kappa shape index (κ1) is 12.6. The lowest BCUT2D eigenvalue weighted by atomic mass is 10.2. The van der Waals surface area contributed by atoms with Gasteiger partial charge in [0.2, 0.25) is 0 Å². The zero-order chi connectivity index (χ0) is 13.3. The summed E-state index contributed by atoms with van der Waals surface area (Å²) in [6.45, 7) is 1.77. The van der Waals surface area contributed by atoms with Crippen LogP contribution in [-0.2, 0) is 0 Å². The molecule has 1 aliphatic heterocycles. The molecule has 18 heavy (non-hydrogen) atoms. The van der Waals surface area contributed by atoms with E-state index in [9.17, 15) is 4.79 Å². The highest BCUT2D eigenvalue weighted by molar-refractivity contribution is 5.89. The fourth-order valence-electron chi connectivity index (χ4n) is 2.21. The Morgan fingerprint density at radius 1 is 1.61 bits per heavy atom. The average Bonchev–Trinajstić information content (AvgIpc) is 2.78. The second-order valence-corrected chi connectivity index (χ2v) is 4.79. The quantitative estimate of drug-likeness (QED) is 0.813. The van der Waals surface area contributed by atoms with Crippen molar-refractivity contribution >= 4 is 17.5 Å². The third kappa shape index (κ3) is 2.38. The van der Waals surface area contributed by atoms with Crippen molar-refractivity contribution in [2.45, 2.75) is 12.5 Å². The van der Waals surface area contributed by atoms with Crippen molar-refractivity contribution in [3.8, 4) is 0 Å². The maximum absolute atomic E-state index is 10.8. The van der Waals surface area contributed by atoms with Gasteiger partial charge in [-0.15, -0.1) is 0 Å². The lowest BCUT2D eigenvalue weighted by Crippen LogP contribution is -2.32. The van der Waals surface area contributed by atoms with Crippen molar-refractivity contribution in [1.29, 1.82) is 0 Å². The summed E-state index contributed by atoms with van der Waals surface area (Å²) in [6.07, 6.45) is 2.42. The molecule has 0 radical (unpaired) electrons. The van der Waals surface area contributed by atoms with E-state index < -0.39 is 5.97 Å². The van der Waals surface area contributed by atoms with Crippen molar-refractivity contribution in [3.63, 3.8) is 0 Å². The molecule has 2 rings (SSSR count). The van der Waals surface area contributed by atoms with E-state index in [0.29, 0.717) is 17.5 Å². The number of nitrogen functional groups attached to an aromatic ring is 1. The van der Waals surface area contributed by atoms with E-state index in [0.717, 1.165) is 19.5 Å². The minimum Gasteiger partial charge on any atom is -0.478 e. The van der Waals surface area contributed by atoms with E-state index in [4.69, 9.17) is 10.8 Å². The molecule has 0 saturated carbocycles.